The van der Waals surface area contributed by atoms with Gasteiger partial charge >= 0.3 is 0 Å². The maximum absolute atomic E-state index is 11.9. The number of carbonyl (C=O) groups excluding carboxylic acids is 2. The van der Waals surface area contributed by atoms with E-state index in [0.717, 1.165) is 18.2 Å². The predicted molar refractivity (Wildman–Crippen MR) is 102 cm³/mol. The number of allylic oxidation sites excluding steroid dienone is 3. The van der Waals surface area contributed by atoms with Crippen LogP contribution in [0.5, 0.6) is 0 Å². The quantitative estimate of drug-likeness (QED) is 0.440. The highest BCUT2D eigenvalue weighted by molar-refractivity contribution is 8.03. The third-order valence-corrected chi connectivity index (χ3v) is 4.47. The summed E-state index contributed by atoms with van der Waals surface area (Å²) in [7, 11) is 0. The molecule has 0 saturated carbocycles. The monoisotopic (exact) mass is 389 g/mol. The molecule has 132 valence electrons. The minimum Gasteiger partial charge on any atom is -0.402 e. The average Bonchev–Trinajstić information content (AvgIpc) is 2.49. The number of amides is 2. The van der Waals surface area contributed by atoms with Gasteiger partial charge in [-0.2, -0.15) is 0 Å². The van der Waals surface area contributed by atoms with Gasteiger partial charge in [-0.3, -0.25) is 9.59 Å². The van der Waals surface area contributed by atoms with Crippen molar-refractivity contribution in [1.29, 1.82) is 0 Å². The van der Waals surface area contributed by atoms with Crippen LogP contribution in [0.25, 0.3) is 0 Å². The van der Waals surface area contributed by atoms with Gasteiger partial charge in [0.1, 0.15) is 0 Å². The van der Waals surface area contributed by atoms with Crippen molar-refractivity contribution < 1.29 is 9.59 Å². The number of alkyl halides is 1. The first kappa shape index (κ1) is 20.7. The number of thioether (sulfide) groups is 1. The van der Waals surface area contributed by atoms with Crippen LogP contribution in [0.4, 0.5) is 0 Å². The Morgan fingerprint density at radius 3 is 2.88 bits per heavy atom. The van der Waals surface area contributed by atoms with Crippen molar-refractivity contribution in [3.05, 3.63) is 46.6 Å². The molecule has 0 aliphatic heterocycles. The van der Waals surface area contributed by atoms with Gasteiger partial charge in [0, 0.05) is 16.8 Å². The third kappa shape index (κ3) is 7.95. The molecule has 8 heteroatoms. The van der Waals surface area contributed by atoms with Gasteiger partial charge in [0.2, 0.25) is 11.8 Å². The second-order valence-corrected chi connectivity index (χ2v) is 7.13. The van der Waals surface area contributed by atoms with Crippen molar-refractivity contribution in [2.45, 2.75) is 31.2 Å². The molecule has 1 aliphatic rings. The molecule has 24 heavy (non-hydrogen) atoms. The highest BCUT2D eigenvalue weighted by Gasteiger charge is 2.20. The first-order valence-corrected chi connectivity index (χ1v) is 9.19. The zero-order valence-electron chi connectivity index (χ0n) is 13.4. The molecule has 2 atom stereocenters. The largest absolute Gasteiger partial charge is 0.402 e. The van der Waals surface area contributed by atoms with Crippen LogP contribution in [0.3, 0.4) is 0 Å². The Morgan fingerprint density at radius 2 is 2.21 bits per heavy atom. The fourth-order valence-electron chi connectivity index (χ4n) is 1.86. The summed E-state index contributed by atoms with van der Waals surface area (Å²) < 4.78 is 0. The normalized spacial score (nSPS) is 20.3. The van der Waals surface area contributed by atoms with Crippen molar-refractivity contribution >= 4 is 46.8 Å². The number of nitrogens with one attached hydrogen (secondary N) is 2. The summed E-state index contributed by atoms with van der Waals surface area (Å²) in [5.74, 6) is -0.488. The predicted octanol–water partition coefficient (Wildman–Crippen LogP) is 2.73. The first-order valence-electron chi connectivity index (χ1n) is 7.39. The molecule has 4 N–H and O–H groups in total. The van der Waals surface area contributed by atoms with Crippen LogP contribution in [-0.4, -0.2) is 29.0 Å². The molecular formula is C16H21Cl2N3O2S. The highest BCUT2D eigenvalue weighted by Crippen LogP contribution is 2.19. The molecule has 0 bridgehead atoms. The van der Waals surface area contributed by atoms with Gasteiger partial charge in [-0.05, 0) is 18.6 Å². The molecule has 1 aliphatic carbocycles. The van der Waals surface area contributed by atoms with Crippen LogP contribution in [-0.2, 0) is 9.59 Å². The Balaban J connectivity index is 2.36. The molecule has 5 nitrogen and oxygen atoms in total. The first-order chi connectivity index (χ1) is 11.3. The van der Waals surface area contributed by atoms with Gasteiger partial charge in [0.25, 0.3) is 0 Å². The fraction of sp³-hybridized carbons (Fsp3) is 0.375. The summed E-state index contributed by atoms with van der Waals surface area (Å²) in [6.07, 6.45) is 7.93. The van der Waals surface area contributed by atoms with Gasteiger partial charge in [-0.1, -0.05) is 49.4 Å². The van der Waals surface area contributed by atoms with Crippen LogP contribution in [0.2, 0.25) is 0 Å². The summed E-state index contributed by atoms with van der Waals surface area (Å²) in [5, 5.41) is 5.88. The SMILES string of the molecule is C=C(NC(=O)/C=C(\N)CCC)SCC(=O)NC1C=C(Cl)C=CC1Cl. The maximum atomic E-state index is 11.9. The van der Waals surface area contributed by atoms with E-state index >= 15 is 0 Å². The Hall–Kier alpha value is -1.37. The van der Waals surface area contributed by atoms with E-state index in [1.807, 2.05) is 6.92 Å². The van der Waals surface area contributed by atoms with Crippen LogP contribution in [0.1, 0.15) is 19.8 Å². The van der Waals surface area contributed by atoms with E-state index in [2.05, 4.69) is 17.2 Å². The van der Waals surface area contributed by atoms with Gasteiger partial charge in [-0.25, -0.2) is 0 Å². The molecule has 0 aromatic rings. The summed E-state index contributed by atoms with van der Waals surface area (Å²) in [6, 6.07) is -0.364. The van der Waals surface area contributed by atoms with Crippen molar-refractivity contribution in [1.82, 2.24) is 10.6 Å². The number of halogens is 2. The number of nitrogens with two attached hydrogens (primary N) is 1. The van der Waals surface area contributed by atoms with E-state index in [1.165, 1.54) is 6.08 Å². The summed E-state index contributed by atoms with van der Waals surface area (Å²) in [5.41, 5.74) is 6.18. The molecule has 0 aromatic carbocycles. The minimum absolute atomic E-state index is 0.0998. The Labute approximate surface area is 156 Å². The van der Waals surface area contributed by atoms with Crippen molar-refractivity contribution in [2.75, 3.05) is 5.75 Å². The molecule has 0 aromatic heterocycles. The van der Waals surface area contributed by atoms with Crippen LogP contribution >= 0.6 is 35.0 Å². The Morgan fingerprint density at radius 1 is 1.50 bits per heavy atom. The standard InChI is InChI=1S/C16H21Cl2N3O2S/c1-3-4-12(19)8-15(22)20-10(2)24-9-16(23)21-14-7-11(17)5-6-13(14)18/h5-8,13-14H,2-4,9,19H2,1H3,(H,20,22)(H,21,23)/b12-8-. The summed E-state index contributed by atoms with van der Waals surface area (Å²) >= 11 is 13.1. The highest BCUT2D eigenvalue weighted by atomic mass is 35.5. The lowest BCUT2D eigenvalue weighted by atomic mass is 10.1. The van der Waals surface area contributed by atoms with E-state index in [0.29, 0.717) is 22.2 Å². The summed E-state index contributed by atoms with van der Waals surface area (Å²) in [4.78, 5) is 23.6. The minimum atomic E-state index is -0.364. The average molecular weight is 390 g/mol. The van der Waals surface area contributed by atoms with E-state index in [4.69, 9.17) is 28.9 Å². The Kier molecular flexibility index (Phi) is 9.03. The van der Waals surface area contributed by atoms with E-state index in [-0.39, 0.29) is 29.0 Å². The van der Waals surface area contributed by atoms with Crippen molar-refractivity contribution in [3.63, 3.8) is 0 Å². The van der Waals surface area contributed by atoms with E-state index < -0.39 is 0 Å². The molecule has 0 saturated heterocycles. The Bertz CT molecular complexity index is 588. The van der Waals surface area contributed by atoms with Crippen LogP contribution < -0.4 is 16.4 Å². The number of hydrogen-bond acceptors (Lipinski definition) is 4. The topological polar surface area (TPSA) is 84.2 Å². The van der Waals surface area contributed by atoms with Crippen LogP contribution in [0.15, 0.2) is 46.6 Å². The maximum Gasteiger partial charge on any atom is 0.250 e. The van der Waals surface area contributed by atoms with Crippen molar-refractivity contribution in [2.24, 2.45) is 5.73 Å². The van der Waals surface area contributed by atoms with Gasteiger partial charge in [-0.15, -0.1) is 11.6 Å². The third-order valence-electron chi connectivity index (χ3n) is 2.94. The fourth-order valence-corrected chi connectivity index (χ4v) is 2.84. The molecule has 0 spiro atoms. The van der Waals surface area contributed by atoms with E-state index in [9.17, 15) is 9.59 Å². The van der Waals surface area contributed by atoms with Gasteiger partial charge < -0.3 is 16.4 Å². The zero-order valence-corrected chi connectivity index (χ0v) is 15.7. The van der Waals surface area contributed by atoms with Gasteiger partial charge in [0.05, 0.1) is 22.2 Å². The zero-order chi connectivity index (χ0) is 18.1. The molecule has 2 amide bonds. The lowest BCUT2D eigenvalue weighted by Gasteiger charge is -2.21. The number of hydrogen-bond donors (Lipinski definition) is 3. The second-order valence-electron chi connectivity index (χ2n) is 5.12. The molecular weight excluding hydrogens is 369 g/mol. The number of rotatable bonds is 8. The van der Waals surface area contributed by atoms with E-state index in [1.54, 1.807) is 18.2 Å². The molecule has 2 unspecified atom stereocenters. The molecule has 0 heterocycles. The smallest absolute Gasteiger partial charge is 0.250 e. The lowest BCUT2D eigenvalue weighted by molar-refractivity contribution is -0.119. The van der Waals surface area contributed by atoms with Crippen molar-refractivity contribution in [3.8, 4) is 0 Å². The second kappa shape index (κ2) is 10.5. The molecule has 0 radical (unpaired) electrons. The lowest BCUT2D eigenvalue weighted by Crippen LogP contribution is -2.41. The molecule has 1 rings (SSSR count). The summed E-state index contributed by atoms with van der Waals surface area (Å²) in [6.45, 7) is 5.68. The van der Waals surface area contributed by atoms with Crippen LogP contribution in [0, 0.1) is 0 Å². The molecule has 0 fully saturated rings. The van der Waals surface area contributed by atoms with Gasteiger partial charge in [0.15, 0.2) is 0 Å². The number of carbonyl (C=O) groups is 2.